The van der Waals surface area contributed by atoms with E-state index in [9.17, 15) is 28.8 Å². The number of amides is 7. The number of carbonyl (C=O) groups excluding carboxylic acids is 6. The molecule has 14 N–H and O–H groups in total. The maximum Gasteiger partial charge on any atom is 0.323 e. The van der Waals surface area contributed by atoms with Gasteiger partial charge in [0.1, 0.15) is 41.4 Å². The van der Waals surface area contributed by atoms with E-state index in [-0.39, 0.29) is 25.5 Å². The molecular weight excluding hydrogens is 688 g/mol. The third-order valence-corrected chi connectivity index (χ3v) is 7.72. The van der Waals surface area contributed by atoms with Crippen LogP contribution in [0.1, 0.15) is 13.3 Å². The van der Waals surface area contributed by atoms with Crippen LogP contribution in [0.4, 0.5) is 10.5 Å². The van der Waals surface area contributed by atoms with E-state index in [1.54, 1.807) is 48.5 Å². The van der Waals surface area contributed by atoms with Crippen LogP contribution in [0.25, 0.3) is 0 Å². The molecule has 2 aliphatic rings. The van der Waals surface area contributed by atoms with Gasteiger partial charge < -0.3 is 64.5 Å². The quantitative estimate of drug-likeness (QED) is 0.142. The van der Waals surface area contributed by atoms with Crippen molar-refractivity contribution >= 4 is 58.8 Å². The standard InChI is InChI=1S/C31H39ClN12O7/c1-15-25(45)41-22(12-33)27(47)42-23(14-38-31(50)40-17-3-2-4-19(11-17)51-18-7-5-16(32)6-8-18)28(48)44-24(21-9-10-36-30(35)43-21)29(49)37-13-20(34)26(46)39-15/h2-8,11,14-15,20-22,24H,9-10,12-13,33-34H2,1H3,(H,37,49)(H,39,46)(H,41,45)(H,42,47)(H,44,48)(H3,35,36,43)(H2,38,40,50)/t15-,20-,21?,22-,24-/m0/s1. The average molecular weight is 727 g/mol. The van der Waals surface area contributed by atoms with E-state index in [2.05, 4.69) is 47.5 Å². The van der Waals surface area contributed by atoms with Gasteiger partial charge in [-0.2, -0.15) is 0 Å². The van der Waals surface area contributed by atoms with Crippen molar-refractivity contribution in [3.05, 3.63) is 65.5 Å². The van der Waals surface area contributed by atoms with Crippen LogP contribution in [0.3, 0.4) is 0 Å². The summed E-state index contributed by atoms with van der Waals surface area (Å²) >= 11 is 5.93. The minimum atomic E-state index is -1.39. The molecule has 7 amide bonds. The number of nitrogens with zero attached hydrogens (tertiary/aromatic N) is 1. The highest BCUT2D eigenvalue weighted by Gasteiger charge is 2.34. The fourth-order valence-corrected chi connectivity index (χ4v) is 4.86. The van der Waals surface area contributed by atoms with Crippen molar-refractivity contribution < 1.29 is 33.5 Å². The number of urea groups is 1. The summed E-state index contributed by atoms with van der Waals surface area (Å²) < 4.78 is 5.79. The summed E-state index contributed by atoms with van der Waals surface area (Å²) in [6, 6.07) is 6.33. The molecule has 0 spiro atoms. The summed E-state index contributed by atoms with van der Waals surface area (Å²) in [6.45, 7) is 0.809. The molecule has 2 aliphatic heterocycles. The van der Waals surface area contributed by atoms with Gasteiger partial charge in [-0.1, -0.05) is 17.7 Å². The highest BCUT2D eigenvalue weighted by molar-refractivity contribution is 6.30. The smallest absolute Gasteiger partial charge is 0.323 e. The lowest BCUT2D eigenvalue weighted by Crippen LogP contribution is -2.63. The number of hydrogen-bond acceptors (Lipinski definition) is 12. The van der Waals surface area contributed by atoms with Crippen molar-refractivity contribution in [1.82, 2.24) is 37.2 Å². The SMILES string of the molecule is C[C@@H]1NC(=O)[C@@H](N)CNC(=O)[C@H](C2CCN=C(N)N2)NC(=O)C(=CNC(=O)Nc2cccc(Oc3ccc(Cl)cc3)c2)NC(=O)[C@H](CN)NC1=O. The van der Waals surface area contributed by atoms with Crippen molar-refractivity contribution in [2.24, 2.45) is 22.2 Å². The van der Waals surface area contributed by atoms with Crippen LogP contribution in [0.5, 0.6) is 11.5 Å². The van der Waals surface area contributed by atoms with Crippen LogP contribution in [-0.2, 0) is 24.0 Å². The number of nitrogens with one attached hydrogen (secondary N) is 8. The van der Waals surface area contributed by atoms with Gasteiger partial charge in [-0.3, -0.25) is 29.0 Å². The molecule has 51 heavy (non-hydrogen) atoms. The number of nitrogens with two attached hydrogens (primary N) is 3. The Morgan fingerprint density at radius 2 is 1.73 bits per heavy atom. The number of anilines is 1. The topological polar surface area (TPSA) is 298 Å². The normalized spacial score (nSPS) is 24.4. The number of guanidine groups is 1. The Morgan fingerprint density at radius 3 is 2.43 bits per heavy atom. The average Bonchev–Trinajstić information content (AvgIpc) is 3.10. The Balaban J connectivity index is 1.58. The van der Waals surface area contributed by atoms with Crippen molar-refractivity contribution in [1.29, 1.82) is 0 Å². The predicted molar refractivity (Wildman–Crippen MR) is 186 cm³/mol. The van der Waals surface area contributed by atoms with Gasteiger partial charge in [0.2, 0.25) is 23.6 Å². The lowest BCUT2D eigenvalue weighted by atomic mass is 10.0. The third kappa shape index (κ3) is 11.0. The Kier molecular flexibility index (Phi) is 13.1. The van der Waals surface area contributed by atoms with E-state index in [0.717, 1.165) is 6.20 Å². The zero-order valence-corrected chi connectivity index (χ0v) is 28.1. The molecule has 1 fully saturated rings. The molecule has 0 aromatic heterocycles. The molecule has 1 unspecified atom stereocenters. The molecule has 19 nitrogen and oxygen atoms in total. The number of halogens is 1. The number of hydrogen-bond donors (Lipinski definition) is 11. The molecule has 0 radical (unpaired) electrons. The predicted octanol–water partition coefficient (Wildman–Crippen LogP) is -2.22. The van der Waals surface area contributed by atoms with Crippen molar-refractivity contribution in [3.63, 3.8) is 0 Å². The molecule has 2 aromatic rings. The fraction of sp³-hybridized carbons (Fsp3) is 0.323. The first kappa shape index (κ1) is 37.9. The molecule has 272 valence electrons. The van der Waals surface area contributed by atoms with Gasteiger partial charge in [0, 0.05) is 42.6 Å². The van der Waals surface area contributed by atoms with E-state index in [1.165, 1.54) is 6.92 Å². The van der Waals surface area contributed by atoms with Gasteiger partial charge in [0.25, 0.3) is 5.91 Å². The van der Waals surface area contributed by atoms with E-state index in [0.29, 0.717) is 22.2 Å². The lowest BCUT2D eigenvalue weighted by molar-refractivity contribution is -0.132. The first-order chi connectivity index (χ1) is 24.3. The molecular formula is C31H39ClN12O7. The van der Waals surface area contributed by atoms with Crippen LogP contribution >= 0.6 is 11.6 Å². The Morgan fingerprint density at radius 1 is 0.980 bits per heavy atom. The minimum absolute atomic E-state index is 0.0251. The summed E-state index contributed by atoms with van der Waals surface area (Å²) in [7, 11) is 0. The van der Waals surface area contributed by atoms with Gasteiger partial charge in [-0.05, 0) is 49.7 Å². The monoisotopic (exact) mass is 726 g/mol. The zero-order chi connectivity index (χ0) is 37.1. The molecule has 0 aliphatic carbocycles. The largest absolute Gasteiger partial charge is 0.457 e. The van der Waals surface area contributed by atoms with E-state index in [1.807, 2.05) is 0 Å². The Labute approximate surface area is 296 Å². The van der Waals surface area contributed by atoms with Gasteiger partial charge in [0.15, 0.2) is 5.96 Å². The van der Waals surface area contributed by atoms with Crippen LogP contribution in [0.2, 0.25) is 5.02 Å². The second-order valence-electron chi connectivity index (χ2n) is 11.4. The first-order valence-corrected chi connectivity index (χ1v) is 16.0. The van der Waals surface area contributed by atoms with Gasteiger partial charge in [-0.15, -0.1) is 0 Å². The summed E-state index contributed by atoms with van der Waals surface area (Å²) in [5.74, 6) is -3.34. The zero-order valence-electron chi connectivity index (χ0n) is 27.3. The summed E-state index contributed by atoms with van der Waals surface area (Å²) in [6.07, 6.45) is 1.16. The van der Waals surface area contributed by atoms with Crippen molar-refractivity contribution in [2.45, 2.75) is 43.6 Å². The summed E-state index contributed by atoms with van der Waals surface area (Å²) in [5.41, 5.74) is 17.3. The second kappa shape index (κ2) is 17.7. The molecule has 2 heterocycles. The summed E-state index contributed by atoms with van der Waals surface area (Å²) in [5, 5.41) is 20.5. The van der Waals surface area contributed by atoms with Crippen LogP contribution in [-0.4, -0.2) is 91.4 Å². The number of carbonyl (C=O) groups is 6. The van der Waals surface area contributed by atoms with Crippen molar-refractivity contribution in [3.8, 4) is 11.5 Å². The third-order valence-electron chi connectivity index (χ3n) is 7.47. The van der Waals surface area contributed by atoms with E-state index in [4.69, 9.17) is 33.5 Å². The number of aliphatic imine (C=N–C) groups is 1. The summed E-state index contributed by atoms with van der Waals surface area (Å²) in [4.78, 5) is 82.8. The van der Waals surface area contributed by atoms with Crippen molar-refractivity contribution in [2.75, 3.05) is 25.0 Å². The number of ether oxygens (including phenoxy) is 1. The molecule has 20 heteroatoms. The highest BCUT2D eigenvalue weighted by Crippen LogP contribution is 2.25. The Bertz CT molecular complexity index is 1700. The van der Waals surface area contributed by atoms with Gasteiger partial charge in [0.05, 0.1) is 6.04 Å². The second-order valence-corrected chi connectivity index (χ2v) is 11.8. The lowest BCUT2D eigenvalue weighted by Gasteiger charge is -2.31. The van der Waals surface area contributed by atoms with Crippen LogP contribution < -0.4 is 64.5 Å². The first-order valence-electron chi connectivity index (χ1n) is 15.7. The molecule has 1 saturated heterocycles. The highest BCUT2D eigenvalue weighted by atomic mass is 35.5. The maximum atomic E-state index is 13.7. The van der Waals surface area contributed by atoms with Gasteiger partial charge in [-0.25, -0.2) is 4.79 Å². The fourth-order valence-electron chi connectivity index (χ4n) is 4.74. The minimum Gasteiger partial charge on any atom is -0.457 e. The van der Waals surface area contributed by atoms with E-state index < -0.39 is 78.0 Å². The number of benzene rings is 2. The number of rotatable bonds is 6. The molecule has 2 aromatic carbocycles. The van der Waals surface area contributed by atoms with Crippen LogP contribution in [0.15, 0.2) is 65.4 Å². The van der Waals surface area contributed by atoms with E-state index >= 15 is 0 Å². The maximum absolute atomic E-state index is 13.7. The molecule has 5 atom stereocenters. The molecule has 4 rings (SSSR count). The molecule has 0 bridgehead atoms. The Hall–Kier alpha value is -5.92. The van der Waals surface area contributed by atoms with Gasteiger partial charge >= 0.3 is 6.03 Å². The van der Waals surface area contributed by atoms with Crippen LogP contribution in [0, 0.1) is 0 Å². The molecule has 0 saturated carbocycles.